The molecule has 1 aromatic carbocycles. The zero-order valence-corrected chi connectivity index (χ0v) is 21.1. The summed E-state index contributed by atoms with van der Waals surface area (Å²) in [7, 11) is 1.76. The summed E-state index contributed by atoms with van der Waals surface area (Å²) in [4.78, 5) is 30.9. The van der Waals surface area contributed by atoms with Crippen molar-refractivity contribution in [2.24, 2.45) is 0 Å². The second kappa shape index (κ2) is 9.32. The number of aromatic nitrogens is 4. The quantitative estimate of drug-likeness (QED) is 0.432. The number of aryl methyl sites for hydroxylation is 1. The van der Waals surface area contributed by atoms with Gasteiger partial charge < -0.3 is 20.3 Å². The first kappa shape index (κ1) is 24.2. The molecule has 2 N–H and O–H groups in total. The van der Waals surface area contributed by atoms with Gasteiger partial charge in [-0.1, -0.05) is 6.07 Å². The van der Waals surface area contributed by atoms with Gasteiger partial charge in [-0.05, 0) is 49.1 Å². The van der Waals surface area contributed by atoms with Crippen LogP contribution in [0.3, 0.4) is 0 Å². The molecule has 2 aliphatic rings. The molecule has 2 aliphatic heterocycles. The number of anilines is 2. The molecule has 3 aromatic heterocycles. The van der Waals surface area contributed by atoms with Crippen molar-refractivity contribution in [2.75, 3.05) is 37.4 Å². The second-order valence-corrected chi connectivity index (χ2v) is 9.81. The lowest BCUT2D eigenvalue weighted by Crippen LogP contribution is -2.37. The number of rotatable bonds is 3. The summed E-state index contributed by atoms with van der Waals surface area (Å²) in [5.74, 6) is 0.967. The number of hydrogen-bond donors (Lipinski definition) is 1. The van der Waals surface area contributed by atoms with E-state index in [1.54, 1.807) is 24.5 Å². The maximum Gasteiger partial charge on any atom is 0.269 e. The van der Waals surface area contributed by atoms with Crippen LogP contribution in [0.2, 0.25) is 0 Å². The van der Waals surface area contributed by atoms with Gasteiger partial charge in [0.2, 0.25) is 0 Å². The van der Waals surface area contributed by atoms with Crippen LogP contribution in [0.5, 0.6) is 0 Å². The number of piperidine rings is 1. The summed E-state index contributed by atoms with van der Waals surface area (Å²) in [6.07, 6.45) is 2.39. The van der Waals surface area contributed by atoms with Crippen molar-refractivity contribution < 1.29 is 18.3 Å². The number of benzene rings is 1. The molecule has 1 saturated heterocycles. The summed E-state index contributed by atoms with van der Waals surface area (Å²) in [6, 6.07) is 7.25. The predicted octanol–water partition coefficient (Wildman–Crippen LogP) is 4.26. The smallest absolute Gasteiger partial charge is 0.269 e. The van der Waals surface area contributed by atoms with Gasteiger partial charge in [-0.3, -0.25) is 9.20 Å². The number of pyridine rings is 1. The molecule has 11 heteroatoms. The molecule has 0 bridgehead atoms. The highest BCUT2D eigenvalue weighted by atomic mass is 19.3. The van der Waals surface area contributed by atoms with Gasteiger partial charge in [0.15, 0.2) is 0 Å². The predicted molar refractivity (Wildman–Crippen MR) is 139 cm³/mol. The summed E-state index contributed by atoms with van der Waals surface area (Å²) in [6.45, 7) is 3.55. The van der Waals surface area contributed by atoms with Gasteiger partial charge in [-0.25, -0.2) is 15.0 Å². The molecule has 1 amide bonds. The van der Waals surface area contributed by atoms with Crippen LogP contribution in [0.1, 0.15) is 46.1 Å². The molecule has 4 aromatic rings. The molecule has 38 heavy (non-hydrogen) atoms. The van der Waals surface area contributed by atoms with Crippen molar-refractivity contribution >= 4 is 34.1 Å². The fourth-order valence-electron chi connectivity index (χ4n) is 5.36. The molecule has 5 heterocycles. The van der Waals surface area contributed by atoms with Crippen LogP contribution in [-0.2, 0) is 11.3 Å². The number of hydrogen-bond acceptors (Lipinski definition) is 7. The van der Waals surface area contributed by atoms with E-state index in [0.717, 1.165) is 28.2 Å². The molecule has 1 atom stereocenters. The van der Waals surface area contributed by atoms with Gasteiger partial charge in [0.1, 0.15) is 17.2 Å². The maximum atomic E-state index is 13.8. The van der Waals surface area contributed by atoms with Crippen LogP contribution in [0.25, 0.3) is 16.6 Å². The standard InChI is InChI=1S/C27H27F2N7O2/c1-15-9-19-21(36-14-31-11-22(36)26(30)33-19)10-18(15)27(37)34(2)23-13-38-12-20-17(23)3-4-24(32-20)35-7-5-16(6-8-35)25(28)29/h3-4,9-11,14,23H,5-8,12-13H2,1-2H3,(H2,30,33). The van der Waals surface area contributed by atoms with Crippen molar-refractivity contribution in [3.8, 4) is 0 Å². The fourth-order valence-corrected chi connectivity index (χ4v) is 5.36. The van der Waals surface area contributed by atoms with Gasteiger partial charge in [0.25, 0.3) is 12.0 Å². The number of nitrogens with two attached hydrogens (primary N) is 1. The minimum Gasteiger partial charge on any atom is -0.382 e. The van der Waals surface area contributed by atoms with Gasteiger partial charge in [-0.15, -0.1) is 0 Å². The SMILES string of the molecule is Cc1cc2nc(N)c3cncn3c2cc1C(=O)N(C)C1COCc2nc(N3CCC(=C(F)F)CC3)ccc21. The lowest BCUT2D eigenvalue weighted by atomic mass is 9.99. The van der Waals surface area contributed by atoms with E-state index < -0.39 is 6.08 Å². The fraction of sp³-hybridized carbons (Fsp3) is 0.333. The zero-order chi connectivity index (χ0) is 26.6. The highest BCUT2D eigenvalue weighted by Gasteiger charge is 2.31. The molecule has 0 aliphatic carbocycles. The molecule has 6 rings (SSSR count). The van der Waals surface area contributed by atoms with Crippen LogP contribution in [-0.4, -0.2) is 56.9 Å². The van der Waals surface area contributed by atoms with E-state index in [4.69, 9.17) is 15.5 Å². The van der Waals surface area contributed by atoms with E-state index in [-0.39, 0.29) is 17.5 Å². The van der Waals surface area contributed by atoms with E-state index in [0.29, 0.717) is 61.6 Å². The number of nitrogen functional groups attached to an aromatic ring is 1. The molecule has 1 fully saturated rings. The highest BCUT2D eigenvalue weighted by molar-refractivity contribution is 5.99. The molecule has 0 saturated carbocycles. The van der Waals surface area contributed by atoms with Crippen LogP contribution in [0, 0.1) is 6.92 Å². The molecule has 196 valence electrons. The number of fused-ring (bicyclic) bond motifs is 4. The molecular weight excluding hydrogens is 492 g/mol. The van der Waals surface area contributed by atoms with Crippen LogP contribution < -0.4 is 10.6 Å². The van der Waals surface area contributed by atoms with E-state index in [1.165, 1.54) is 0 Å². The largest absolute Gasteiger partial charge is 0.382 e. The van der Waals surface area contributed by atoms with E-state index >= 15 is 0 Å². The Morgan fingerprint density at radius 3 is 2.71 bits per heavy atom. The van der Waals surface area contributed by atoms with Gasteiger partial charge >= 0.3 is 0 Å². The van der Waals surface area contributed by atoms with E-state index in [9.17, 15) is 13.6 Å². The van der Waals surface area contributed by atoms with Crippen molar-refractivity contribution in [1.82, 2.24) is 24.3 Å². The first-order valence-electron chi connectivity index (χ1n) is 12.5. The van der Waals surface area contributed by atoms with Crippen molar-refractivity contribution in [2.45, 2.75) is 32.4 Å². The number of likely N-dealkylation sites (N-methyl/N-ethyl adjacent to an activating group) is 1. The van der Waals surface area contributed by atoms with Crippen LogP contribution in [0.15, 0.2) is 48.4 Å². The van der Waals surface area contributed by atoms with E-state index in [2.05, 4.69) is 9.97 Å². The third-order valence-corrected chi connectivity index (χ3v) is 7.57. The van der Waals surface area contributed by atoms with Gasteiger partial charge in [0.05, 0.1) is 48.5 Å². The van der Waals surface area contributed by atoms with E-state index in [1.807, 2.05) is 40.5 Å². The molecule has 1 unspecified atom stereocenters. The van der Waals surface area contributed by atoms with Crippen molar-refractivity contribution in [1.29, 1.82) is 0 Å². The van der Waals surface area contributed by atoms with Crippen LogP contribution >= 0.6 is 0 Å². The summed E-state index contributed by atoms with van der Waals surface area (Å²) < 4.78 is 33.6. The average Bonchev–Trinajstić information content (AvgIpc) is 3.42. The lowest BCUT2D eigenvalue weighted by Gasteiger charge is -2.34. The normalized spacial score (nSPS) is 17.6. The first-order chi connectivity index (χ1) is 18.3. The average molecular weight is 520 g/mol. The third-order valence-electron chi connectivity index (χ3n) is 7.57. The summed E-state index contributed by atoms with van der Waals surface area (Å²) in [5.41, 5.74) is 11.4. The Balaban J connectivity index is 1.29. The summed E-state index contributed by atoms with van der Waals surface area (Å²) in [5, 5.41) is 0. The van der Waals surface area contributed by atoms with Gasteiger partial charge in [0, 0.05) is 31.3 Å². The Labute approximate surface area is 217 Å². The Hall–Kier alpha value is -4.12. The van der Waals surface area contributed by atoms with Crippen molar-refractivity contribution in [3.05, 3.63) is 70.8 Å². The number of ether oxygens (including phenoxy) is 1. The number of nitrogens with zero attached hydrogens (tertiary/aromatic N) is 6. The highest BCUT2D eigenvalue weighted by Crippen LogP contribution is 2.33. The van der Waals surface area contributed by atoms with Gasteiger partial charge in [-0.2, -0.15) is 8.78 Å². The molecule has 0 spiro atoms. The second-order valence-electron chi connectivity index (χ2n) is 9.81. The van der Waals surface area contributed by atoms with Crippen LogP contribution in [0.4, 0.5) is 20.4 Å². The number of carbonyl (C=O) groups excluding carboxylic acids is 1. The Bertz CT molecular complexity index is 1600. The van der Waals surface area contributed by atoms with Crippen molar-refractivity contribution in [3.63, 3.8) is 0 Å². The molecule has 9 nitrogen and oxygen atoms in total. The number of amides is 1. The third kappa shape index (κ3) is 4.03. The molecule has 0 radical (unpaired) electrons. The Morgan fingerprint density at radius 2 is 1.95 bits per heavy atom. The monoisotopic (exact) mass is 519 g/mol. The Kier molecular flexibility index (Phi) is 5.94. The number of imidazole rings is 1. The Morgan fingerprint density at radius 1 is 1.16 bits per heavy atom. The summed E-state index contributed by atoms with van der Waals surface area (Å²) >= 11 is 0. The topological polar surface area (TPSA) is 102 Å². The molecular formula is C27H27F2N7O2. The number of carbonyl (C=O) groups is 1. The lowest BCUT2D eigenvalue weighted by molar-refractivity contribution is 0.0330. The first-order valence-corrected chi connectivity index (χ1v) is 12.5. The maximum absolute atomic E-state index is 13.8. The minimum absolute atomic E-state index is 0.149. The number of halogens is 2. The zero-order valence-electron chi connectivity index (χ0n) is 21.1. The minimum atomic E-state index is -1.57.